The number of nitrogens with zero attached hydrogens (tertiary/aromatic N) is 3. The molecule has 0 atom stereocenters. The van der Waals surface area contributed by atoms with Crippen LogP contribution in [0.2, 0.25) is 0 Å². The minimum atomic E-state index is -0.417. The molecule has 0 aliphatic rings. The molecule has 2 aromatic heterocycles. The molecule has 1 N–H and O–H groups in total. The van der Waals surface area contributed by atoms with Crippen LogP contribution in [0.15, 0.2) is 42.6 Å². The van der Waals surface area contributed by atoms with Crippen LogP contribution in [0.25, 0.3) is 5.65 Å². The number of rotatable bonds is 3. The summed E-state index contributed by atoms with van der Waals surface area (Å²) in [7, 11) is 3.90. The molecular formula is C17H17FN4O. The number of hydrogen-bond acceptors (Lipinski definition) is 3. The molecule has 6 heteroatoms. The number of imidazole rings is 1. The van der Waals surface area contributed by atoms with Gasteiger partial charge in [-0.25, -0.2) is 9.37 Å². The minimum absolute atomic E-state index is 0.321. The molecule has 0 aliphatic heterocycles. The average Bonchev–Trinajstić information content (AvgIpc) is 2.83. The van der Waals surface area contributed by atoms with Crippen LogP contribution in [0.1, 0.15) is 16.2 Å². The molecule has 0 saturated carbocycles. The molecule has 5 nitrogen and oxygen atoms in total. The second-order valence-corrected chi connectivity index (χ2v) is 5.52. The number of carbonyl (C=O) groups excluding carboxylic acids is 1. The molecule has 0 spiro atoms. The Hall–Kier alpha value is -2.89. The topological polar surface area (TPSA) is 49.6 Å². The normalized spacial score (nSPS) is 10.8. The summed E-state index contributed by atoms with van der Waals surface area (Å²) < 4.78 is 14.9. The first-order valence-electron chi connectivity index (χ1n) is 7.18. The van der Waals surface area contributed by atoms with Crippen molar-refractivity contribution in [2.24, 2.45) is 0 Å². The highest BCUT2D eigenvalue weighted by Gasteiger charge is 2.17. The van der Waals surface area contributed by atoms with Crippen molar-refractivity contribution in [3.05, 3.63) is 59.8 Å². The third kappa shape index (κ3) is 2.88. The first-order valence-corrected chi connectivity index (χ1v) is 7.18. The van der Waals surface area contributed by atoms with Crippen molar-refractivity contribution in [3.8, 4) is 0 Å². The molecule has 0 unspecified atom stereocenters. The number of anilines is 2. The molecule has 3 rings (SSSR count). The molecule has 23 heavy (non-hydrogen) atoms. The highest BCUT2D eigenvalue weighted by molar-refractivity contribution is 6.04. The molecule has 3 aromatic rings. The summed E-state index contributed by atoms with van der Waals surface area (Å²) in [6.45, 7) is 1.73. The quantitative estimate of drug-likeness (QED) is 0.808. The van der Waals surface area contributed by atoms with Crippen molar-refractivity contribution in [1.29, 1.82) is 0 Å². The monoisotopic (exact) mass is 312 g/mol. The fraction of sp³-hybridized carbons (Fsp3) is 0.176. The molecule has 0 fully saturated rings. The summed E-state index contributed by atoms with van der Waals surface area (Å²) in [5.41, 5.74) is 3.13. The average molecular weight is 312 g/mol. The van der Waals surface area contributed by atoms with Gasteiger partial charge in [0, 0.05) is 31.7 Å². The van der Waals surface area contributed by atoms with E-state index < -0.39 is 5.82 Å². The van der Waals surface area contributed by atoms with E-state index in [1.165, 1.54) is 16.7 Å². The van der Waals surface area contributed by atoms with Crippen LogP contribution in [-0.4, -0.2) is 29.4 Å². The molecule has 1 amide bonds. The summed E-state index contributed by atoms with van der Waals surface area (Å²) in [6, 6.07) is 10.3. The first kappa shape index (κ1) is 15.0. The Labute approximate surface area is 133 Å². The lowest BCUT2D eigenvalue weighted by Gasteiger charge is -2.13. The number of nitrogens with one attached hydrogen (secondary N) is 1. The van der Waals surface area contributed by atoms with Crippen molar-refractivity contribution < 1.29 is 9.18 Å². The molecule has 0 saturated heterocycles. The number of amides is 1. The molecule has 1 aromatic carbocycles. The van der Waals surface area contributed by atoms with Crippen LogP contribution in [0.4, 0.5) is 15.8 Å². The molecular weight excluding hydrogens is 295 g/mol. The fourth-order valence-corrected chi connectivity index (χ4v) is 2.44. The minimum Gasteiger partial charge on any atom is -0.378 e. The summed E-state index contributed by atoms with van der Waals surface area (Å²) in [4.78, 5) is 18.8. The SMILES string of the molecule is Cc1nc2ccc(F)cn2c1C(=O)Nc1ccc(N(C)C)cc1. The van der Waals surface area contributed by atoms with E-state index in [2.05, 4.69) is 10.3 Å². The standard InChI is InChI=1S/C17H17FN4O/c1-11-16(22-10-12(18)4-9-15(22)19-11)17(23)20-13-5-7-14(8-6-13)21(2)3/h4-10H,1-3H3,(H,20,23). The van der Waals surface area contributed by atoms with E-state index in [1.807, 2.05) is 43.3 Å². The van der Waals surface area contributed by atoms with Crippen molar-refractivity contribution in [3.63, 3.8) is 0 Å². The predicted molar refractivity (Wildman–Crippen MR) is 88.6 cm³/mol. The fourth-order valence-electron chi connectivity index (χ4n) is 2.44. The van der Waals surface area contributed by atoms with E-state index in [1.54, 1.807) is 13.0 Å². The number of benzene rings is 1. The number of halogens is 1. The number of pyridine rings is 1. The lowest BCUT2D eigenvalue weighted by Crippen LogP contribution is -2.16. The van der Waals surface area contributed by atoms with Gasteiger partial charge in [-0.2, -0.15) is 0 Å². The zero-order chi connectivity index (χ0) is 16.6. The van der Waals surface area contributed by atoms with Gasteiger partial charge in [0.25, 0.3) is 5.91 Å². The first-order chi connectivity index (χ1) is 11.0. The van der Waals surface area contributed by atoms with E-state index in [-0.39, 0.29) is 5.91 Å². The van der Waals surface area contributed by atoms with Crippen LogP contribution in [0.3, 0.4) is 0 Å². The molecule has 2 heterocycles. The van der Waals surface area contributed by atoms with Gasteiger partial charge in [-0.05, 0) is 43.3 Å². The van der Waals surface area contributed by atoms with Crippen LogP contribution in [-0.2, 0) is 0 Å². The van der Waals surface area contributed by atoms with Crippen molar-refractivity contribution in [2.45, 2.75) is 6.92 Å². The van der Waals surface area contributed by atoms with E-state index in [0.717, 1.165) is 5.69 Å². The van der Waals surface area contributed by atoms with Crippen LogP contribution < -0.4 is 10.2 Å². The Morgan fingerprint density at radius 2 is 1.87 bits per heavy atom. The Morgan fingerprint density at radius 1 is 1.17 bits per heavy atom. The van der Waals surface area contributed by atoms with Gasteiger partial charge in [0.2, 0.25) is 0 Å². The lowest BCUT2D eigenvalue weighted by molar-refractivity contribution is 0.102. The Kier molecular flexibility index (Phi) is 3.73. The number of fused-ring (bicyclic) bond motifs is 1. The van der Waals surface area contributed by atoms with E-state index in [9.17, 15) is 9.18 Å². The van der Waals surface area contributed by atoms with Gasteiger partial charge < -0.3 is 10.2 Å². The highest BCUT2D eigenvalue weighted by Crippen LogP contribution is 2.18. The molecule has 0 aliphatic carbocycles. The second-order valence-electron chi connectivity index (χ2n) is 5.52. The summed E-state index contributed by atoms with van der Waals surface area (Å²) in [5.74, 6) is -0.738. The van der Waals surface area contributed by atoms with Gasteiger partial charge in [-0.1, -0.05) is 0 Å². The summed E-state index contributed by atoms with van der Waals surface area (Å²) >= 11 is 0. The molecule has 0 bridgehead atoms. The van der Waals surface area contributed by atoms with Gasteiger partial charge in [0.1, 0.15) is 17.2 Å². The number of aromatic nitrogens is 2. The van der Waals surface area contributed by atoms with Crippen molar-refractivity contribution >= 4 is 22.9 Å². The summed E-state index contributed by atoms with van der Waals surface area (Å²) in [6.07, 6.45) is 1.26. The maximum atomic E-state index is 13.5. The predicted octanol–water partition coefficient (Wildman–Crippen LogP) is 3.10. The van der Waals surface area contributed by atoms with Gasteiger partial charge >= 0.3 is 0 Å². The van der Waals surface area contributed by atoms with Gasteiger partial charge in [0.15, 0.2) is 0 Å². The maximum Gasteiger partial charge on any atom is 0.274 e. The lowest BCUT2D eigenvalue weighted by atomic mass is 10.2. The highest BCUT2D eigenvalue weighted by atomic mass is 19.1. The summed E-state index contributed by atoms with van der Waals surface area (Å²) in [5, 5.41) is 2.82. The third-order valence-electron chi connectivity index (χ3n) is 3.61. The molecule has 0 radical (unpaired) electrons. The number of carbonyl (C=O) groups is 1. The Balaban J connectivity index is 1.91. The van der Waals surface area contributed by atoms with E-state index >= 15 is 0 Å². The van der Waals surface area contributed by atoms with E-state index in [4.69, 9.17) is 0 Å². The largest absolute Gasteiger partial charge is 0.378 e. The number of aryl methyl sites for hydroxylation is 1. The molecule has 118 valence electrons. The maximum absolute atomic E-state index is 13.5. The van der Waals surface area contributed by atoms with Gasteiger partial charge in [0.05, 0.1) is 5.69 Å². The van der Waals surface area contributed by atoms with Crippen LogP contribution in [0.5, 0.6) is 0 Å². The Bertz CT molecular complexity index is 868. The zero-order valence-electron chi connectivity index (χ0n) is 13.2. The Morgan fingerprint density at radius 3 is 2.52 bits per heavy atom. The zero-order valence-corrected chi connectivity index (χ0v) is 13.2. The number of hydrogen-bond donors (Lipinski definition) is 1. The van der Waals surface area contributed by atoms with E-state index in [0.29, 0.717) is 22.7 Å². The second kappa shape index (κ2) is 5.72. The smallest absolute Gasteiger partial charge is 0.274 e. The van der Waals surface area contributed by atoms with Crippen molar-refractivity contribution in [1.82, 2.24) is 9.38 Å². The van der Waals surface area contributed by atoms with Gasteiger partial charge in [-0.3, -0.25) is 9.20 Å². The van der Waals surface area contributed by atoms with Gasteiger partial charge in [-0.15, -0.1) is 0 Å². The van der Waals surface area contributed by atoms with Crippen LogP contribution in [0, 0.1) is 12.7 Å². The van der Waals surface area contributed by atoms with Crippen molar-refractivity contribution in [2.75, 3.05) is 24.3 Å². The van der Waals surface area contributed by atoms with Crippen LogP contribution >= 0.6 is 0 Å². The third-order valence-corrected chi connectivity index (χ3v) is 3.61.